The van der Waals surface area contributed by atoms with Crippen LogP contribution < -0.4 is 0 Å². The second-order valence-electron chi connectivity index (χ2n) is 17.2. The van der Waals surface area contributed by atoms with Crippen molar-refractivity contribution in [1.29, 1.82) is 0 Å². The molecule has 0 unspecified atom stereocenters. The van der Waals surface area contributed by atoms with E-state index in [9.17, 15) is 0 Å². The average Bonchev–Trinajstić information content (AvgIpc) is 3.81. The molecule has 0 amide bonds. The van der Waals surface area contributed by atoms with Crippen LogP contribution in [-0.2, 0) is 10.8 Å². The molecule has 2 aliphatic carbocycles. The van der Waals surface area contributed by atoms with E-state index in [0.717, 1.165) is 21.9 Å². The lowest BCUT2D eigenvalue weighted by molar-refractivity contribution is 0.660. The van der Waals surface area contributed by atoms with Crippen LogP contribution in [0.15, 0.2) is 174 Å². The molecule has 10 aromatic rings. The molecular weight excluding hydrogens is 689 g/mol. The minimum absolute atomic E-state index is 0.0531. The summed E-state index contributed by atoms with van der Waals surface area (Å²) in [6.07, 6.45) is 0. The molecule has 9 aromatic carbocycles. The van der Waals surface area contributed by atoms with E-state index in [0.29, 0.717) is 0 Å². The first-order chi connectivity index (χ1) is 27.8. The van der Waals surface area contributed by atoms with Gasteiger partial charge in [-0.15, -0.1) is 0 Å². The van der Waals surface area contributed by atoms with Crippen LogP contribution in [0.5, 0.6) is 0 Å². The van der Waals surface area contributed by atoms with Gasteiger partial charge in [0.15, 0.2) is 0 Å². The van der Waals surface area contributed by atoms with Crippen molar-refractivity contribution < 1.29 is 4.42 Å². The van der Waals surface area contributed by atoms with E-state index in [1.54, 1.807) is 0 Å². The summed E-state index contributed by atoms with van der Waals surface area (Å²) in [5, 5.41) is 7.29. The molecule has 270 valence electrons. The van der Waals surface area contributed by atoms with Crippen LogP contribution in [0.4, 0.5) is 0 Å². The summed E-state index contributed by atoms with van der Waals surface area (Å²) in [4.78, 5) is 0. The van der Waals surface area contributed by atoms with Gasteiger partial charge in [-0.05, 0) is 136 Å². The lowest BCUT2D eigenvalue weighted by Gasteiger charge is -2.23. The van der Waals surface area contributed by atoms with Gasteiger partial charge in [0.2, 0.25) is 0 Å². The van der Waals surface area contributed by atoms with Gasteiger partial charge in [-0.2, -0.15) is 0 Å². The van der Waals surface area contributed by atoms with Crippen LogP contribution in [0.3, 0.4) is 0 Å². The SMILES string of the molecule is CC1(C)c2ccccc2-c2cc(-c3c4ccccc4c(-c4ccc5oc6ccccc6c5c4)c4ccc(-c5ccc6c(c5)C(C)(C)c5ccccc5-6)cc34)ccc21. The van der Waals surface area contributed by atoms with Crippen LogP contribution in [0, 0.1) is 0 Å². The molecule has 0 atom stereocenters. The molecule has 57 heavy (non-hydrogen) atoms. The molecule has 0 saturated heterocycles. The van der Waals surface area contributed by atoms with Crippen LogP contribution in [0.25, 0.3) is 99.1 Å². The minimum Gasteiger partial charge on any atom is -0.456 e. The molecule has 1 aromatic heterocycles. The smallest absolute Gasteiger partial charge is 0.135 e. The monoisotopic (exact) mass is 728 g/mol. The van der Waals surface area contributed by atoms with Gasteiger partial charge >= 0.3 is 0 Å². The molecule has 2 aliphatic rings. The summed E-state index contributed by atoms with van der Waals surface area (Å²) in [5.74, 6) is 0. The second-order valence-corrected chi connectivity index (χ2v) is 17.2. The topological polar surface area (TPSA) is 13.1 Å². The average molecular weight is 729 g/mol. The number of hydrogen-bond donors (Lipinski definition) is 0. The molecule has 1 heteroatoms. The van der Waals surface area contributed by atoms with Crippen molar-refractivity contribution >= 4 is 43.5 Å². The summed E-state index contributed by atoms with van der Waals surface area (Å²) in [5.41, 5.74) is 20.1. The third-order valence-corrected chi connectivity index (χ3v) is 13.5. The van der Waals surface area contributed by atoms with Crippen LogP contribution in [0.2, 0.25) is 0 Å². The number of furan rings is 1. The lowest BCUT2D eigenvalue weighted by Crippen LogP contribution is -2.14. The van der Waals surface area contributed by atoms with E-state index in [1.807, 2.05) is 6.07 Å². The highest BCUT2D eigenvalue weighted by molar-refractivity contribution is 6.23. The molecule has 0 fully saturated rings. The first-order valence-electron chi connectivity index (χ1n) is 20.2. The number of rotatable bonds is 3. The minimum atomic E-state index is -0.0717. The molecule has 0 saturated carbocycles. The Balaban J connectivity index is 1.15. The number of fused-ring (bicyclic) bond motifs is 11. The third kappa shape index (κ3) is 4.46. The van der Waals surface area contributed by atoms with E-state index in [2.05, 4.69) is 191 Å². The number of benzene rings is 9. The van der Waals surface area contributed by atoms with Crippen molar-refractivity contribution in [1.82, 2.24) is 0 Å². The zero-order valence-electron chi connectivity index (χ0n) is 32.6. The predicted molar refractivity (Wildman–Crippen MR) is 240 cm³/mol. The van der Waals surface area contributed by atoms with Crippen molar-refractivity contribution in [2.75, 3.05) is 0 Å². The molecule has 0 bridgehead atoms. The second kappa shape index (κ2) is 11.4. The van der Waals surface area contributed by atoms with Crippen molar-refractivity contribution in [3.63, 3.8) is 0 Å². The summed E-state index contributed by atoms with van der Waals surface area (Å²) in [6, 6.07) is 63.5. The van der Waals surface area contributed by atoms with E-state index >= 15 is 0 Å². The van der Waals surface area contributed by atoms with Gasteiger partial charge in [-0.3, -0.25) is 0 Å². The molecule has 0 radical (unpaired) electrons. The maximum absolute atomic E-state index is 6.30. The van der Waals surface area contributed by atoms with Crippen molar-refractivity contribution in [3.8, 4) is 55.6 Å². The molecule has 0 aliphatic heterocycles. The largest absolute Gasteiger partial charge is 0.456 e. The fraction of sp³-hybridized carbons (Fsp3) is 0.107. The van der Waals surface area contributed by atoms with E-state index in [1.165, 1.54) is 99.4 Å². The van der Waals surface area contributed by atoms with E-state index in [4.69, 9.17) is 4.42 Å². The zero-order valence-corrected chi connectivity index (χ0v) is 32.6. The summed E-state index contributed by atoms with van der Waals surface area (Å²) in [6.45, 7) is 9.46. The van der Waals surface area contributed by atoms with Crippen molar-refractivity contribution in [2.45, 2.75) is 38.5 Å². The molecule has 12 rings (SSSR count). The highest BCUT2D eigenvalue weighted by Gasteiger charge is 2.36. The van der Waals surface area contributed by atoms with Crippen LogP contribution >= 0.6 is 0 Å². The summed E-state index contributed by atoms with van der Waals surface area (Å²) < 4.78 is 6.30. The quantitative estimate of drug-likeness (QED) is 0.165. The normalized spacial score (nSPS) is 14.6. The Labute approximate surface area is 332 Å². The molecule has 0 N–H and O–H groups in total. The molecule has 0 spiro atoms. The molecule has 1 heterocycles. The summed E-state index contributed by atoms with van der Waals surface area (Å²) in [7, 11) is 0. The maximum atomic E-state index is 6.30. The predicted octanol–water partition coefficient (Wildman–Crippen LogP) is 15.5. The van der Waals surface area contributed by atoms with Gasteiger partial charge in [0.25, 0.3) is 0 Å². The number of hydrogen-bond acceptors (Lipinski definition) is 1. The zero-order chi connectivity index (χ0) is 38.2. The van der Waals surface area contributed by atoms with Crippen LogP contribution in [0.1, 0.15) is 49.9 Å². The van der Waals surface area contributed by atoms with Gasteiger partial charge in [0.1, 0.15) is 11.2 Å². The van der Waals surface area contributed by atoms with Crippen molar-refractivity contribution in [3.05, 3.63) is 192 Å². The highest BCUT2D eigenvalue weighted by Crippen LogP contribution is 2.53. The summed E-state index contributed by atoms with van der Waals surface area (Å²) >= 11 is 0. The Morgan fingerprint density at radius 2 is 0.772 bits per heavy atom. The fourth-order valence-corrected chi connectivity index (χ4v) is 10.6. The Hall–Kier alpha value is -6.70. The fourth-order valence-electron chi connectivity index (χ4n) is 10.6. The van der Waals surface area contributed by atoms with Gasteiger partial charge in [0.05, 0.1) is 0 Å². The molecule has 1 nitrogen and oxygen atoms in total. The Morgan fingerprint density at radius 1 is 0.298 bits per heavy atom. The van der Waals surface area contributed by atoms with E-state index in [-0.39, 0.29) is 10.8 Å². The van der Waals surface area contributed by atoms with Crippen molar-refractivity contribution in [2.24, 2.45) is 0 Å². The Kier molecular flexibility index (Phi) is 6.53. The first-order valence-corrected chi connectivity index (χ1v) is 20.2. The Morgan fingerprint density at radius 3 is 1.54 bits per heavy atom. The van der Waals surface area contributed by atoms with E-state index < -0.39 is 0 Å². The third-order valence-electron chi connectivity index (χ3n) is 13.5. The van der Waals surface area contributed by atoms with Gasteiger partial charge < -0.3 is 4.42 Å². The first kappa shape index (κ1) is 32.5. The van der Waals surface area contributed by atoms with Gasteiger partial charge in [0, 0.05) is 21.6 Å². The van der Waals surface area contributed by atoms with Gasteiger partial charge in [-0.1, -0.05) is 161 Å². The highest BCUT2D eigenvalue weighted by atomic mass is 16.3. The van der Waals surface area contributed by atoms with Crippen LogP contribution in [-0.4, -0.2) is 0 Å². The Bertz CT molecular complexity index is 3350. The number of para-hydroxylation sites is 1. The van der Waals surface area contributed by atoms with Gasteiger partial charge in [-0.25, -0.2) is 0 Å². The maximum Gasteiger partial charge on any atom is 0.135 e. The lowest BCUT2D eigenvalue weighted by atomic mass is 9.80. The molecular formula is C56H40O. The standard InChI is InChI=1S/C56H40O/c1-55(2)48-19-11-8-14-38(48)44-30-35(23-27-49(44)55)54-42-17-6-5-16-41(42)53(36-24-28-52-45(31-36)40-15-9-12-20-51(40)57-52)43-26-22-33(29-46(43)54)34-21-25-39-37-13-7-10-18-47(37)56(3,4)50(39)32-34/h5-32H,1-4H3.